The van der Waals surface area contributed by atoms with Gasteiger partial charge >= 0.3 is 0 Å². The molecule has 0 saturated carbocycles. The minimum absolute atomic E-state index is 0. The second-order valence-corrected chi connectivity index (χ2v) is 7.80. The number of rotatable bonds is 8. The lowest BCUT2D eigenvalue weighted by Gasteiger charge is -2.22. The average molecular weight is 515 g/mol. The van der Waals surface area contributed by atoms with Gasteiger partial charge in [-0.3, -0.25) is 9.69 Å². The second kappa shape index (κ2) is 13.1. The number of carbonyl (C=O) groups excluding carboxylic acids is 1. The van der Waals surface area contributed by atoms with Crippen molar-refractivity contribution < 1.29 is 4.79 Å². The zero-order chi connectivity index (χ0) is 20.5. The van der Waals surface area contributed by atoms with Crippen LogP contribution in [0, 0.1) is 0 Å². The van der Waals surface area contributed by atoms with Crippen molar-refractivity contribution in [2.45, 2.75) is 65.7 Å². The van der Waals surface area contributed by atoms with Crippen molar-refractivity contribution in [1.29, 1.82) is 0 Å². The van der Waals surface area contributed by atoms with E-state index in [1.807, 2.05) is 11.8 Å². The van der Waals surface area contributed by atoms with E-state index >= 15 is 0 Å². The largest absolute Gasteiger partial charge is 0.357 e. The quantitative estimate of drug-likeness (QED) is 0.317. The summed E-state index contributed by atoms with van der Waals surface area (Å²) >= 11 is 0. The van der Waals surface area contributed by atoms with Gasteiger partial charge in [0.1, 0.15) is 0 Å². The summed E-state index contributed by atoms with van der Waals surface area (Å²) in [5.41, 5.74) is 2.57. The first kappa shape index (κ1) is 25.7. The van der Waals surface area contributed by atoms with Crippen LogP contribution in [0.25, 0.3) is 0 Å². The first-order chi connectivity index (χ1) is 13.4. The molecule has 1 aliphatic heterocycles. The fourth-order valence-electron chi connectivity index (χ4n) is 3.32. The number of hydrogen-bond donors (Lipinski definition) is 2. The normalized spacial score (nSPS) is 16.9. The number of carbonyl (C=O) groups is 1. The lowest BCUT2D eigenvalue weighted by Crippen LogP contribution is -2.45. The van der Waals surface area contributed by atoms with E-state index in [4.69, 9.17) is 4.99 Å². The number of likely N-dealkylation sites (tertiary alicyclic amines) is 1. The Kier molecular flexibility index (Phi) is 11.6. The van der Waals surface area contributed by atoms with Crippen LogP contribution in [0.2, 0.25) is 0 Å². The minimum Gasteiger partial charge on any atom is -0.357 e. The van der Waals surface area contributed by atoms with E-state index in [-0.39, 0.29) is 35.9 Å². The highest BCUT2D eigenvalue weighted by Crippen LogP contribution is 2.14. The SMILES string of the molecule is CCNC(=NCc1ccccc1CN(C)C(C)C)NC1CCN(C(=O)CC)C1.I. The average Bonchev–Trinajstić information content (AvgIpc) is 3.15. The standard InChI is InChI=1S/C22H37N5O.HI/c1-6-21(28)27-13-12-20(16-27)25-22(23-7-2)24-14-18-10-8-9-11-19(18)15-26(5)17(3)4;/h8-11,17,20H,6-7,12-16H2,1-5H3,(H2,23,24,25);1H. The Bertz CT molecular complexity index is 664. The number of nitrogens with zero attached hydrogens (tertiary/aromatic N) is 3. The molecule has 1 aromatic carbocycles. The van der Waals surface area contributed by atoms with E-state index < -0.39 is 0 Å². The van der Waals surface area contributed by atoms with Gasteiger partial charge in [-0.15, -0.1) is 24.0 Å². The highest BCUT2D eigenvalue weighted by atomic mass is 127. The molecule has 7 heteroatoms. The predicted molar refractivity (Wildman–Crippen MR) is 132 cm³/mol. The van der Waals surface area contributed by atoms with Crippen molar-refractivity contribution in [2.75, 3.05) is 26.7 Å². The van der Waals surface area contributed by atoms with Crippen molar-refractivity contribution in [3.63, 3.8) is 0 Å². The Hall–Kier alpha value is -1.35. The Labute approximate surface area is 193 Å². The van der Waals surface area contributed by atoms with Gasteiger partial charge in [0.2, 0.25) is 5.91 Å². The fraction of sp³-hybridized carbons (Fsp3) is 0.636. The molecule has 1 aliphatic rings. The molecule has 1 unspecified atom stereocenters. The lowest BCUT2D eigenvalue weighted by molar-refractivity contribution is -0.129. The molecule has 1 amide bonds. The Morgan fingerprint density at radius 2 is 1.97 bits per heavy atom. The summed E-state index contributed by atoms with van der Waals surface area (Å²) in [6, 6.07) is 9.29. The molecule has 1 fully saturated rings. The van der Waals surface area contributed by atoms with Gasteiger partial charge in [-0.1, -0.05) is 31.2 Å². The van der Waals surface area contributed by atoms with Crippen molar-refractivity contribution in [1.82, 2.24) is 20.4 Å². The molecule has 0 spiro atoms. The maximum absolute atomic E-state index is 11.9. The van der Waals surface area contributed by atoms with Gasteiger partial charge in [-0.2, -0.15) is 0 Å². The van der Waals surface area contributed by atoms with Gasteiger partial charge in [0.15, 0.2) is 5.96 Å². The van der Waals surface area contributed by atoms with Crippen LogP contribution in [0.3, 0.4) is 0 Å². The molecule has 0 aromatic heterocycles. The molecule has 164 valence electrons. The number of guanidine groups is 1. The number of halogens is 1. The zero-order valence-corrected chi connectivity index (χ0v) is 20.9. The number of aliphatic imine (C=N–C) groups is 1. The summed E-state index contributed by atoms with van der Waals surface area (Å²) in [4.78, 5) is 21.0. The molecule has 1 saturated heterocycles. The van der Waals surface area contributed by atoms with Gasteiger partial charge in [0.05, 0.1) is 6.54 Å². The number of amides is 1. The van der Waals surface area contributed by atoms with Gasteiger partial charge in [-0.25, -0.2) is 4.99 Å². The van der Waals surface area contributed by atoms with E-state index in [9.17, 15) is 4.79 Å². The Balaban J connectivity index is 0.00000420. The molecule has 2 N–H and O–H groups in total. The van der Waals surface area contributed by atoms with Crippen LogP contribution in [0.5, 0.6) is 0 Å². The summed E-state index contributed by atoms with van der Waals surface area (Å²) < 4.78 is 0. The van der Waals surface area contributed by atoms with Crippen molar-refractivity contribution in [3.8, 4) is 0 Å². The van der Waals surface area contributed by atoms with E-state index in [2.05, 4.69) is 67.6 Å². The van der Waals surface area contributed by atoms with Crippen LogP contribution < -0.4 is 10.6 Å². The molecule has 6 nitrogen and oxygen atoms in total. The summed E-state index contributed by atoms with van der Waals surface area (Å²) in [7, 11) is 2.15. The third kappa shape index (κ3) is 8.12. The zero-order valence-electron chi connectivity index (χ0n) is 18.6. The van der Waals surface area contributed by atoms with E-state index in [0.29, 0.717) is 19.0 Å². The number of hydrogen-bond acceptors (Lipinski definition) is 3. The smallest absolute Gasteiger partial charge is 0.222 e. The van der Waals surface area contributed by atoms with Crippen molar-refractivity contribution in [2.24, 2.45) is 4.99 Å². The van der Waals surface area contributed by atoms with E-state index in [0.717, 1.165) is 38.6 Å². The first-order valence-corrected chi connectivity index (χ1v) is 10.5. The van der Waals surface area contributed by atoms with Crippen LogP contribution in [-0.2, 0) is 17.9 Å². The summed E-state index contributed by atoms with van der Waals surface area (Å²) in [5, 5.41) is 6.85. The maximum Gasteiger partial charge on any atom is 0.222 e. The van der Waals surface area contributed by atoms with Gasteiger partial charge < -0.3 is 15.5 Å². The molecule has 2 rings (SSSR count). The Morgan fingerprint density at radius 1 is 1.28 bits per heavy atom. The molecular weight excluding hydrogens is 477 g/mol. The molecule has 1 aromatic rings. The van der Waals surface area contributed by atoms with Crippen molar-refractivity contribution in [3.05, 3.63) is 35.4 Å². The van der Waals surface area contributed by atoms with Crippen LogP contribution in [-0.4, -0.2) is 60.4 Å². The molecule has 0 bridgehead atoms. The van der Waals surface area contributed by atoms with Gasteiger partial charge in [-0.05, 0) is 45.4 Å². The maximum atomic E-state index is 11.9. The molecule has 29 heavy (non-hydrogen) atoms. The van der Waals surface area contributed by atoms with Gasteiger partial charge in [0.25, 0.3) is 0 Å². The Morgan fingerprint density at radius 3 is 2.59 bits per heavy atom. The summed E-state index contributed by atoms with van der Waals surface area (Å²) in [6.45, 7) is 12.4. The van der Waals surface area contributed by atoms with Crippen LogP contribution in [0.15, 0.2) is 29.3 Å². The van der Waals surface area contributed by atoms with E-state index in [1.54, 1.807) is 0 Å². The molecule has 0 radical (unpaired) electrons. The van der Waals surface area contributed by atoms with Crippen LogP contribution in [0.1, 0.15) is 51.7 Å². The lowest BCUT2D eigenvalue weighted by atomic mass is 10.1. The van der Waals surface area contributed by atoms with E-state index in [1.165, 1.54) is 11.1 Å². The fourth-order valence-corrected chi connectivity index (χ4v) is 3.32. The third-order valence-electron chi connectivity index (χ3n) is 5.36. The van der Waals surface area contributed by atoms with Gasteiger partial charge in [0, 0.05) is 44.7 Å². The molecule has 1 atom stereocenters. The minimum atomic E-state index is 0. The van der Waals surface area contributed by atoms with Crippen molar-refractivity contribution >= 4 is 35.8 Å². The predicted octanol–water partition coefficient (Wildman–Crippen LogP) is 3.21. The summed E-state index contributed by atoms with van der Waals surface area (Å²) in [5.74, 6) is 1.06. The molecule has 1 heterocycles. The monoisotopic (exact) mass is 515 g/mol. The van der Waals surface area contributed by atoms with Crippen LogP contribution >= 0.6 is 24.0 Å². The highest BCUT2D eigenvalue weighted by molar-refractivity contribution is 14.0. The summed E-state index contributed by atoms with van der Waals surface area (Å²) in [6.07, 6.45) is 1.54. The van der Waals surface area contributed by atoms with Crippen LogP contribution in [0.4, 0.5) is 0 Å². The number of benzene rings is 1. The molecule has 0 aliphatic carbocycles. The first-order valence-electron chi connectivity index (χ1n) is 10.5. The second-order valence-electron chi connectivity index (χ2n) is 7.80. The third-order valence-corrected chi connectivity index (χ3v) is 5.36. The highest BCUT2D eigenvalue weighted by Gasteiger charge is 2.25. The molecular formula is C22H38IN5O. The topological polar surface area (TPSA) is 60.0 Å². The number of nitrogens with one attached hydrogen (secondary N) is 2.